The van der Waals surface area contributed by atoms with Crippen molar-refractivity contribution in [1.82, 2.24) is 0 Å². The molecule has 15 heavy (non-hydrogen) atoms. The number of nitriles is 1. The highest BCUT2D eigenvalue weighted by Gasteiger charge is 2.10. The van der Waals surface area contributed by atoms with Crippen LogP contribution in [-0.4, -0.2) is 6.04 Å². The van der Waals surface area contributed by atoms with E-state index in [-0.39, 0.29) is 6.04 Å². The third-order valence-corrected chi connectivity index (χ3v) is 3.61. The minimum Gasteiger partial charge on any atom is -0.380 e. The summed E-state index contributed by atoms with van der Waals surface area (Å²) in [5.74, 6) is 0. The second-order valence-electron chi connectivity index (χ2n) is 3.13. The van der Waals surface area contributed by atoms with E-state index in [0.717, 1.165) is 10.2 Å². The van der Waals surface area contributed by atoms with Gasteiger partial charge in [-0.3, -0.25) is 0 Å². The second-order valence-corrected chi connectivity index (χ2v) is 4.74. The van der Waals surface area contributed by atoms with E-state index in [4.69, 9.17) is 28.5 Å². The average Bonchev–Trinajstić information content (AvgIpc) is 2.20. The van der Waals surface area contributed by atoms with Gasteiger partial charge in [0.25, 0.3) is 0 Å². The molecule has 0 amide bonds. The Morgan fingerprint density at radius 1 is 1.47 bits per heavy atom. The molecule has 0 bridgehead atoms. The van der Waals surface area contributed by atoms with Gasteiger partial charge in [0.2, 0.25) is 0 Å². The van der Waals surface area contributed by atoms with Crippen LogP contribution in [0, 0.1) is 11.3 Å². The summed E-state index contributed by atoms with van der Waals surface area (Å²) in [7, 11) is 0. The Morgan fingerprint density at radius 3 is 2.73 bits per heavy atom. The summed E-state index contributed by atoms with van der Waals surface area (Å²) in [6.45, 7) is 1.91. The van der Waals surface area contributed by atoms with E-state index in [0.29, 0.717) is 16.5 Å². The maximum Gasteiger partial charge on any atom is 0.0835 e. The van der Waals surface area contributed by atoms with Crippen molar-refractivity contribution in [2.45, 2.75) is 19.4 Å². The minimum atomic E-state index is 0.0461. The van der Waals surface area contributed by atoms with Gasteiger partial charge in [-0.2, -0.15) is 5.26 Å². The Morgan fingerprint density at radius 2 is 2.13 bits per heavy atom. The van der Waals surface area contributed by atoms with Gasteiger partial charge in [-0.25, -0.2) is 0 Å². The molecule has 0 heterocycles. The molecule has 1 rings (SSSR count). The molecule has 0 aliphatic carbocycles. The van der Waals surface area contributed by atoms with Crippen molar-refractivity contribution >= 4 is 44.8 Å². The molecule has 0 saturated carbocycles. The van der Waals surface area contributed by atoms with Crippen molar-refractivity contribution in [1.29, 1.82) is 5.26 Å². The first kappa shape index (κ1) is 12.6. The molecule has 1 atom stereocenters. The van der Waals surface area contributed by atoms with E-state index in [2.05, 4.69) is 27.3 Å². The first-order chi connectivity index (χ1) is 7.06. The zero-order valence-electron chi connectivity index (χ0n) is 8.02. The Balaban J connectivity index is 2.88. The summed E-state index contributed by atoms with van der Waals surface area (Å²) in [6, 6.07) is 5.77. The molecule has 0 spiro atoms. The molecular weight excluding hydrogens is 299 g/mol. The Hall–Kier alpha value is -0.430. The van der Waals surface area contributed by atoms with Gasteiger partial charge < -0.3 is 5.32 Å². The van der Waals surface area contributed by atoms with Gasteiger partial charge in [0.1, 0.15) is 0 Å². The van der Waals surface area contributed by atoms with Gasteiger partial charge >= 0.3 is 0 Å². The van der Waals surface area contributed by atoms with Crippen LogP contribution in [0.15, 0.2) is 16.6 Å². The first-order valence-corrected chi connectivity index (χ1v) is 5.88. The minimum absolute atomic E-state index is 0.0461. The molecule has 0 fully saturated rings. The predicted molar refractivity (Wildman–Crippen MR) is 67.5 cm³/mol. The molecule has 1 aromatic rings. The molecule has 0 saturated heterocycles. The fourth-order valence-electron chi connectivity index (χ4n) is 1.09. The van der Waals surface area contributed by atoms with E-state index in [1.807, 2.05) is 19.1 Å². The van der Waals surface area contributed by atoms with Crippen LogP contribution in [0.1, 0.15) is 13.3 Å². The third-order valence-electron chi connectivity index (χ3n) is 1.83. The number of hydrogen-bond acceptors (Lipinski definition) is 2. The van der Waals surface area contributed by atoms with Crippen molar-refractivity contribution in [2.24, 2.45) is 0 Å². The van der Waals surface area contributed by atoms with Gasteiger partial charge in [0.05, 0.1) is 28.2 Å². The molecule has 5 heteroatoms. The van der Waals surface area contributed by atoms with E-state index in [9.17, 15) is 0 Å². The molecule has 0 aliphatic rings. The van der Waals surface area contributed by atoms with Gasteiger partial charge in [-0.05, 0) is 35.0 Å². The van der Waals surface area contributed by atoms with E-state index in [1.165, 1.54) is 0 Å². The SMILES string of the molecule is CC(CC#N)Nc1ccc(Br)c(Cl)c1Cl. The van der Waals surface area contributed by atoms with Crippen LogP contribution in [0.5, 0.6) is 0 Å². The monoisotopic (exact) mass is 306 g/mol. The average molecular weight is 308 g/mol. The van der Waals surface area contributed by atoms with Crippen LogP contribution in [0.2, 0.25) is 10.0 Å². The fourth-order valence-corrected chi connectivity index (χ4v) is 1.92. The van der Waals surface area contributed by atoms with Gasteiger partial charge in [-0.15, -0.1) is 0 Å². The third kappa shape index (κ3) is 3.27. The quantitative estimate of drug-likeness (QED) is 0.836. The standard InChI is InChI=1S/C10H9BrCl2N2/c1-6(4-5-14)15-8-3-2-7(11)9(12)10(8)13/h2-3,6,15H,4H2,1H3. The number of hydrogen-bond donors (Lipinski definition) is 1. The number of halogens is 3. The highest BCUT2D eigenvalue weighted by atomic mass is 79.9. The molecule has 2 nitrogen and oxygen atoms in total. The lowest BCUT2D eigenvalue weighted by molar-refractivity contribution is 0.821. The first-order valence-electron chi connectivity index (χ1n) is 4.33. The van der Waals surface area contributed by atoms with E-state index < -0.39 is 0 Å². The second kappa shape index (κ2) is 5.60. The van der Waals surface area contributed by atoms with Crippen molar-refractivity contribution < 1.29 is 0 Å². The number of nitrogens with zero attached hydrogens (tertiary/aromatic N) is 1. The molecule has 0 aliphatic heterocycles. The zero-order valence-corrected chi connectivity index (χ0v) is 11.1. The predicted octanol–water partition coefficient (Wildman–Crippen LogP) is 4.47. The van der Waals surface area contributed by atoms with Gasteiger partial charge in [-0.1, -0.05) is 23.2 Å². The number of nitrogens with one attached hydrogen (secondary N) is 1. The van der Waals surface area contributed by atoms with Crippen molar-refractivity contribution in [3.05, 3.63) is 26.7 Å². The molecular formula is C10H9BrCl2N2. The lowest BCUT2D eigenvalue weighted by Crippen LogP contribution is -2.14. The number of benzene rings is 1. The van der Waals surface area contributed by atoms with Crippen LogP contribution in [0.25, 0.3) is 0 Å². The van der Waals surface area contributed by atoms with Crippen LogP contribution in [0.3, 0.4) is 0 Å². The Bertz CT molecular complexity index is 401. The summed E-state index contributed by atoms with van der Waals surface area (Å²) < 4.78 is 0.757. The summed E-state index contributed by atoms with van der Waals surface area (Å²) in [5, 5.41) is 12.6. The van der Waals surface area contributed by atoms with Gasteiger partial charge in [0, 0.05) is 10.5 Å². The molecule has 0 aromatic heterocycles. The van der Waals surface area contributed by atoms with Crippen molar-refractivity contribution in [3.8, 4) is 6.07 Å². The van der Waals surface area contributed by atoms with Crippen LogP contribution < -0.4 is 5.32 Å². The van der Waals surface area contributed by atoms with Crippen LogP contribution in [0.4, 0.5) is 5.69 Å². The highest BCUT2D eigenvalue weighted by molar-refractivity contribution is 9.10. The molecule has 1 aromatic carbocycles. The Labute approximate surface area is 107 Å². The van der Waals surface area contributed by atoms with E-state index >= 15 is 0 Å². The maximum atomic E-state index is 8.53. The zero-order chi connectivity index (χ0) is 11.4. The highest BCUT2D eigenvalue weighted by Crippen LogP contribution is 2.36. The fraction of sp³-hybridized carbons (Fsp3) is 0.300. The summed E-state index contributed by atoms with van der Waals surface area (Å²) in [5.41, 5.74) is 0.743. The largest absolute Gasteiger partial charge is 0.380 e. The van der Waals surface area contributed by atoms with Crippen LogP contribution >= 0.6 is 39.1 Å². The lowest BCUT2D eigenvalue weighted by Gasteiger charge is -2.14. The summed E-state index contributed by atoms with van der Waals surface area (Å²) in [4.78, 5) is 0. The maximum absolute atomic E-state index is 8.53. The summed E-state index contributed by atoms with van der Waals surface area (Å²) >= 11 is 15.3. The van der Waals surface area contributed by atoms with E-state index in [1.54, 1.807) is 0 Å². The molecule has 1 N–H and O–H groups in total. The topological polar surface area (TPSA) is 35.8 Å². The normalized spacial score (nSPS) is 11.9. The molecule has 0 radical (unpaired) electrons. The van der Waals surface area contributed by atoms with Gasteiger partial charge in [0.15, 0.2) is 0 Å². The number of anilines is 1. The van der Waals surface area contributed by atoms with Crippen molar-refractivity contribution in [2.75, 3.05) is 5.32 Å². The number of rotatable bonds is 3. The molecule has 80 valence electrons. The van der Waals surface area contributed by atoms with Crippen molar-refractivity contribution in [3.63, 3.8) is 0 Å². The van der Waals surface area contributed by atoms with Crippen LogP contribution in [-0.2, 0) is 0 Å². The summed E-state index contributed by atoms with van der Waals surface area (Å²) in [6.07, 6.45) is 0.421. The molecule has 1 unspecified atom stereocenters. The Kier molecular flexibility index (Phi) is 4.72. The smallest absolute Gasteiger partial charge is 0.0835 e. The lowest BCUT2D eigenvalue weighted by atomic mass is 10.2.